The van der Waals surface area contributed by atoms with Crippen molar-refractivity contribution in [2.75, 3.05) is 13.2 Å². The molecule has 0 unspecified atom stereocenters. The molecular formula is C46H80O5. The summed E-state index contributed by atoms with van der Waals surface area (Å²) in [7, 11) is 0. The number of carbonyl (C=O) groups excluding carboxylic acids is 2. The molecule has 0 fully saturated rings. The Kier molecular flexibility index (Phi) is 40.0. The Bertz CT molecular complexity index is 899. The Labute approximate surface area is 315 Å². The standard InChI is InChI=1S/C46H80O5/c1-3-5-7-9-11-13-15-17-19-21-23-25-26-28-30-32-34-36-38-40-45(48)50-43-44(42-47)51-46(49)41-39-37-35-33-31-29-27-24-22-20-18-16-14-12-10-8-6-4-2/h5,7,11,13,17,19,23,25,28,30,44,47H,3-4,6,8-10,12,14-16,18,20-22,24,26-27,29,31-43H2,1-2H3/b7-5+,13-11+,19-17+,25-23+,30-28+/t44-/m0/s1. The maximum atomic E-state index is 12.2. The molecule has 0 aliphatic rings. The van der Waals surface area contributed by atoms with Gasteiger partial charge in [-0.2, -0.15) is 0 Å². The van der Waals surface area contributed by atoms with Gasteiger partial charge in [0.2, 0.25) is 0 Å². The highest BCUT2D eigenvalue weighted by molar-refractivity contribution is 5.70. The van der Waals surface area contributed by atoms with Gasteiger partial charge in [-0.25, -0.2) is 0 Å². The average Bonchev–Trinajstić information content (AvgIpc) is 3.13. The first-order valence-electron chi connectivity index (χ1n) is 21.3. The zero-order chi connectivity index (χ0) is 37.1. The molecule has 1 atom stereocenters. The summed E-state index contributed by atoms with van der Waals surface area (Å²) in [5.74, 6) is -0.625. The topological polar surface area (TPSA) is 72.8 Å². The first kappa shape index (κ1) is 48.6. The minimum absolute atomic E-state index is 0.0831. The number of allylic oxidation sites excluding steroid dienone is 10. The molecule has 0 aliphatic heterocycles. The second kappa shape index (κ2) is 42.0. The smallest absolute Gasteiger partial charge is 0.306 e. The fourth-order valence-corrected chi connectivity index (χ4v) is 5.87. The Morgan fingerprint density at radius 1 is 0.471 bits per heavy atom. The van der Waals surface area contributed by atoms with Gasteiger partial charge in [0.15, 0.2) is 6.10 Å². The van der Waals surface area contributed by atoms with Crippen LogP contribution in [0.4, 0.5) is 0 Å². The molecular weight excluding hydrogens is 633 g/mol. The van der Waals surface area contributed by atoms with Gasteiger partial charge in [-0.05, 0) is 57.8 Å². The number of carbonyl (C=O) groups is 2. The molecule has 5 heteroatoms. The summed E-state index contributed by atoms with van der Waals surface area (Å²) in [6.07, 6.45) is 54.3. The minimum Gasteiger partial charge on any atom is -0.462 e. The molecule has 0 rings (SSSR count). The largest absolute Gasteiger partial charge is 0.462 e. The second-order valence-electron chi connectivity index (χ2n) is 14.0. The zero-order valence-electron chi connectivity index (χ0n) is 33.4. The van der Waals surface area contributed by atoms with Gasteiger partial charge in [0.05, 0.1) is 6.61 Å². The number of ether oxygens (including phenoxy) is 2. The van der Waals surface area contributed by atoms with Crippen molar-refractivity contribution in [1.29, 1.82) is 0 Å². The highest BCUT2D eigenvalue weighted by Crippen LogP contribution is 2.15. The predicted octanol–water partition coefficient (Wildman–Crippen LogP) is 13.6. The SMILES string of the molecule is CC/C=C/C/C=C/C/C=C/C/C=C/C/C=C/CCCCCC(=O)OC[C@H](CO)OC(=O)CCCCCCCCCCCCCCCCCCCC. The van der Waals surface area contributed by atoms with Gasteiger partial charge < -0.3 is 14.6 Å². The second-order valence-corrected chi connectivity index (χ2v) is 14.0. The van der Waals surface area contributed by atoms with Gasteiger partial charge in [-0.3, -0.25) is 9.59 Å². The molecule has 0 radical (unpaired) electrons. The number of hydrogen-bond donors (Lipinski definition) is 1. The van der Waals surface area contributed by atoms with Gasteiger partial charge in [-0.1, -0.05) is 190 Å². The Morgan fingerprint density at radius 2 is 0.843 bits per heavy atom. The number of rotatable bonds is 38. The lowest BCUT2D eigenvalue weighted by molar-refractivity contribution is -0.161. The van der Waals surface area contributed by atoms with Crippen LogP contribution in [0.1, 0.15) is 200 Å². The summed E-state index contributed by atoms with van der Waals surface area (Å²) in [5.41, 5.74) is 0. The molecule has 1 N–H and O–H groups in total. The number of unbranched alkanes of at least 4 members (excludes halogenated alkanes) is 20. The molecule has 0 spiro atoms. The van der Waals surface area contributed by atoms with Crippen LogP contribution in [0.5, 0.6) is 0 Å². The van der Waals surface area contributed by atoms with Crippen LogP contribution in [0.3, 0.4) is 0 Å². The van der Waals surface area contributed by atoms with E-state index in [9.17, 15) is 14.7 Å². The van der Waals surface area contributed by atoms with Crippen molar-refractivity contribution < 1.29 is 24.2 Å². The van der Waals surface area contributed by atoms with Crippen molar-refractivity contribution in [3.63, 3.8) is 0 Å². The van der Waals surface area contributed by atoms with E-state index in [2.05, 4.69) is 74.6 Å². The van der Waals surface area contributed by atoms with E-state index in [1.807, 2.05) is 0 Å². The Morgan fingerprint density at radius 3 is 1.27 bits per heavy atom. The van der Waals surface area contributed by atoms with Crippen molar-refractivity contribution in [1.82, 2.24) is 0 Å². The van der Waals surface area contributed by atoms with Gasteiger partial charge >= 0.3 is 11.9 Å². The first-order valence-corrected chi connectivity index (χ1v) is 21.3. The van der Waals surface area contributed by atoms with Crippen LogP contribution in [0.2, 0.25) is 0 Å². The highest BCUT2D eigenvalue weighted by Gasteiger charge is 2.16. The fraction of sp³-hybridized carbons (Fsp3) is 0.739. The van der Waals surface area contributed by atoms with Crippen molar-refractivity contribution in [3.8, 4) is 0 Å². The predicted molar refractivity (Wildman–Crippen MR) is 219 cm³/mol. The van der Waals surface area contributed by atoms with Gasteiger partial charge in [0, 0.05) is 12.8 Å². The summed E-state index contributed by atoms with van der Waals surface area (Å²) >= 11 is 0. The molecule has 294 valence electrons. The number of esters is 2. The van der Waals surface area contributed by atoms with Crippen LogP contribution in [0, 0.1) is 0 Å². The van der Waals surface area contributed by atoms with Gasteiger partial charge in [0.1, 0.15) is 6.61 Å². The van der Waals surface area contributed by atoms with E-state index >= 15 is 0 Å². The molecule has 0 amide bonds. The zero-order valence-corrected chi connectivity index (χ0v) is 33.4. The summed E-state index contributed by atoms with van der Waals surface area (Å²) in [6.45, 7) is 4.00. The summed E-state index contributed by atoms with van der Waals surface area (Å²) in [5, 5.41) is 9.57. The van der Waals surface area contributed by atoms with Gasteiger partial charge in [0.25, 0.3) is 0 Å². The molecule has 5 nitrogen and oxygen atoms in total. The van der Waals surface area contributed by atoms with Crippen molar-refractivity contribution in [3.05, 3.63) is 60.8 Å². The molecule has 0 aromatic carbocycles. The normalized spacial score (nSPS) is 12.8. The average molecular weight is 713 g/mol. The lowest BCUT2D eigenvalue weighted by atomic mass is 10.0. The van der Waals surface area contributed by atoms with Crippen LogP contribution in [0.25, 0.3) is 0 Å². The van der Waals surface area contributed by atoms with Crippen molar-refractivity contribution in [2.45, 2.75) is 206 Å². The van der Waals surface area contributed by atoms with Crippen LogP contribution >= 0.6 is 0 Å². The summed E-state index contributed by atoms with van der Waals surface area (Å²) < 4.78 is 10.6. The summed E-state index contributed by atoms with van der Waals surface area (Å²) in [6, 6.07) is 0. The van der Waals surface area contributed by atoms with E-state index in [1.165, 1.54) is 96.3 Å². The Balaban J connectivity index is 3.60. The van der Waals surface area contributed by atoms with E-state index in [-0.39, 0.29) is 25.2 Å². The molecule has 0 aromatic rings. The van der Waals surface area contributed by atoms with E-state index < -0.39 is 6.10 Å². The molecule has 0 saturated carbocycles. The first-order chi connectivity index (χ1) is 25.1. The fourth-order valence-electron chi connectivity index (χ4n) is 5.87. The highest BCUT2D eigenvalue weighted by atomic mass is 16.6. The lowest BCUT2D eigenvalue weighted by Crippen LogP contribution is -2.28. The van der Waals surface area contributed by atoms with Crippen molar-refractivity contribution >= 4 is 11.9 Å². The maximum absolute atomic E-state index is 12.2. The third kappa shape index (κ3) is 40.2. The molecule has 51 heavy (non-hydrogen) atoms. The van der Waals surface area contributed by atoms with E-state index in [0.29, 0.717) is 12.8 Å². The van der Waals surface area contributed by atoms with E-state index in [4.69, 9.17) is 9.47 Å². The van der Waals surface area contributed by atoms with Gasteiger partial charge in [-0.15, -0.1) is 0 Å². The monoisotopic (exact) mass is 713 g/mol. The third-order valence-electron chi connectivity index (χ3n) is 9.08. The maximum Gasteiger partial charge on any atom is 0.306 e. The lowest BCUT2D eigenvalue weighted by Gasteiger charge is -2.15. The Hall–Kier alpha value is -2.40. The van der Waals surface area contributed by atoms with Crippen LogP contribution < -0.4 is 0 Å². The van der Waals surface area contributed by atoms with Crippen LogP contribution in [-0.4, -0.2) is 36.4 Å². The quantitative estimate of drug-likeness (QED) is 0.0392. The van der Waals surface area contributed by atoms with Crippen LogP contribution in [0.15, 0.2) is 60.8 Å². The molecule has 0 saturated heterocycles. The summed E-state index contributed by atoms with van der Waals surface area (Å²) in [4.78, 5) is 24.3. The number of aliphatic hydroxyl groups excluding tert-OH is 1. The molecule has 0 aromatic heterocycles. The van der Waals surface area contributed by atoms with Crippen LogP contribution in [-0.2, 0) is 19.1 Å². The molecule has 0 heterocycles. The minimum atomic E-state index is -0.785. The third-order valence-corrected chi connectivity index (χ3v) is 9.08. The molecule has 0 bridgehead atoms. The molecule has 0 aliphatic carbocycles. The van der Waals surface area contributed by atoms with Crippen molar-refractivity contribution in [2.24, 2.45) is 0 Å². The number of aliphatic hydroxyl groups is 1. The van der Waals surface area contributed by atoms with E-state index in [0.717, 1.165) is 77.0 Å². The van der Waals surface area contributed by atoms with E-state index in [1.54, 1.807) is 0 Å². The number of hydrogen-bond acceptors (Lipinski definition) is 5.